The summed E-state index contributed by atoms with van der Waals surface area (Å²) >= 11 is 0. The van der Waals surface area contributed by atoms with Gasteiger partial charge in [-0.25, -0.2) is 4.68 Å². The molecule has 3 rings (SSSR count). The molecule has 25 heavy (non-hydrogen) atoms. The van der Waals surface area contributed by atoms with E-state index in [1.54, 1.807) is 0 Å². The Bertz CT molecular complexity index is 789. The predicted molar refractivity (Wildman–Crippen MR) is 73.4 cm³/mol. The SMILES string of the molecule is O=C(N1CCC(n2nnc3cc(C(F)(F)F)ccc32)CC1)C(F)(F)F. The highest BCUT2D eigenvalue weighted by molar-refractivity contribution is 5.82. The van der Waals surface area contributed by atoms with Gasteiger partial charge in [-0.05, 0) is 31.0 Å². The number of carbonyl (C=O) groups is 1. The number of rotatable bonds is 1. The number of fused-ring (bicyclic) bond motifs is 1. The van der Waals surface area contributed by atoms with Gasteiger partial charge in [0.15, 0.2) is 0 Å². The van der Waals surface area contributed by atoms with Crippen molar-refractivity contribution < 1.29 is 31.1 Å². The summed E-state index contributed by atoms with van der Waals surface area (Å²) in [5.41, 5.74) is -0.421. The number of likely N-dealkylation sites (tertiary alicyclic amines) is 1. The second-order valence-electron chi connectivity index (χ2n) is 5.76. The minimum absolute atomic E-state index is 0.0589. The van der Waals surface area contributed by atoms with Gasteiger partial charge in [-0.2, -0.15) is 26.3 Å². The van der Waals surface area contributed by atoms with Crippen LogP contribution in [-0.2, 0) is 11.0 Å². The molecule has 5 nitrogen and oxygen atoms in total. The van der Waals surface area contributed by atoms with Crippen molar-refractivity contribution in [3.05, 3.63) is 23.8 Å². The van der Waals surface area contributed by atoms with E-state index < -0.39 is 23.8 Å². The van der Waals surface area contributed by atoms with Gasteiger partial charge in [-0.1, -0.05) is 5.21 Å². The number of halogens is 6. The number of benzene rings is 1. The lowest BCUT2D eigenvalue weighted by Crippen LogP contribution is -2.45. The Morgan fingerprint density at radius 3 is 2.28 bits per heavy atom. The zero-order chi connectivity index (χ0) is 18.4. The van der Waals surface area contributed by atoms with Crippen LogP contribution in [0.4, 0.5) is 26.3 Å². The number of piperidine rings is 1. The molecule has 0 unspecified atom stereocenters. The maximum absolute atomic E-state index is 12.7. The molecular formula is C14H12F6N4O. The maximum Gasteiger partial charge on any atom is 0.471 e. The molecule has 2 heterocycles. The van der Waals surface area contributed by atoms with E-state index >= 15 is 0 Å². The largest absolute Gasteiger partial charge is 0.471 e. The van der Waals surface area contributed by atoms with Gasteiger partial charge >= 0.3 is 18.3 Å². The predicted octanol–water partition coefficient (Wildman–Crippen LogP) is 3.18. The van der Waals surface area contributed by atoms with Crippen LogP contribution in [0.15, 0.2) is 18.2 Å². The molecule has 1 amide bonds. The highest BCUT2D eigenvalue weighted by Crippen LogP contribution is 2.32. The molecule has 2 aromatic rings. The summed E-state index contributed by atoms with van der Waals surface area (Å²) in [6, 6.07) is 2.69. The third-order valence-corrected chi connectivity index (χ3v) is 4.14. The van der Waals surface area contributed by atoms with Crippen LogP contribution in [0.25, 0.3) is 11.0 Å². The van der Waals surface area contributed by atoms with Gasteiger partial charge in [0, 0.05) is 13.1 Å². The van der Waals surface area contributed by atoms with Crippen LogP contribution in [-0.4, -0.2) is 45.1 Å². The van der Waals surface area contributed by atoms with Gasteiger partial charge in [0.25, 0.3) is 0 Å². The van der Waals surface area contributed by atoms with Crippen LogP contribution in [0.1, 0.15) is 24.4 Å². The fraction of sp³-hybridized carbons (Fsp3) is 0.500. The molecule has 1 aliphatic heterocycles. The van der Waals surface area contributed by atoms with E-state index in [1.807, 2.05) is 0 Å². The number of hydrogen-bond donors (Lipinski definition) is 0. The Balaban J connectivity index is 1.77. The van der Waals surface area contributed by atoms with Gasteiger partial charge in [0.2, 0.25) is 0 Å². The van der Waals surface area contributed by atoms with E-state index in [4.69, 9.17) is 0 Å². The van der Waals surface area contributed by atoms with E-state index in [-0.39, 0.29) is 37.5 Å². The monoisotopic (exact) mass is 366 g/mol. The first-order chi connectivity index (χ1) is 11.6. The van der Waals surface area contributed by atoms with E-state index in [9.17, 15) is 31.1 Å². The Morgan fingerprint density at radius 2 is 1.72 bits per heavy atom. The summed E-state index contributed by atoms with van der Waals surface area (Å²) in [5.74, 6) is -1.88. The standard InChI is InChI=1S/C14H12F6N4O/c15-13(16,17)8-1-2-11-10(7-8)21-22-24(11)9-3-5-23(6-4-9)12(25)14(18,19)20/h1-2,7,9H,3-6H2. The van der Waals surface area contributed by atoms with Crippen molar-refractivity contribution in [2.75, 3.05) is 13.1 Å². The zero-order valence-corrected chi connectivity index (χ0v) is 12.6. The first kappa shape index (κ1) is 17.5. The van der Waals surface area contributed by atoms with Crippen LogP contribution < -0.4 is 0 Å². The summed E-state index contributed by atoms with van der Waals surface area (Å²) in [4.78, 5) is 11.9. The molecule has 0 saturated carbocycles. The molecule has 11 heteroatoms. The average molecular weight is 366 g/mol. The molecule has 1 aliphatic rings. The zero-order valence-electron chi connectivity index (χ0n) is 12.6. The number of nitrogens with zero attached hydrogens (tertiary/aromatic N) is 4. The van der Waals surface area contributed by atoms with Gasteiger partial charge in [-0.3, -0.25) is 4.79 Å². The number of alkyl halides is 6. The van der Waals surface area contributed by atoms with E-state index in [2.05, 4.69) is 10.3 Å². The van der Waals surface area contributed by atoms with Crippen LogP contribution in [0.2, 0.25) is 0 Å². The second-order valence-corrected chi connectivity index (χ2v) is 5.76. The summed E-state index contributed by atoms with van der Waals surface area (Å²) in [5, 5.41) is 7.55. The van der Waals surface area contributed by atoms with E-state index in [0.717, 1.165) is 17.0 Å². The molecule has 0 N–H and O–H groups in total. The van der Waals surface area contributed by atoms with Crippen molar-refractivity contribution in [3.8, 4) is 0 Å². The van der Waals surface area contributed by atoms with Crippen molar-refractivity contribution in [1.29, 1.82) is 0 Å². The van der Waals surface area contributed by atoms with Crippen molar-refractivity contribution >= 4 is 16.9 Å². The van der Waals surface area contributed by atoms with Crippen LogP contribution in [0, 0.1) is 0 Å². The third-order valence-electron chi connectivity index (χ3n) is 4.14. The Kier molecular flexibility index (Phi) is 4.12. The Morgan fingerprint density at radius 1 is 1.08 bits per heavy atom. The fourth-order valence-electron chi connectivity index (χ4n) is 2.88. The minimum Gasteiger partial charge on any atom is -0.335 e. The normalized spacial score (nSPS) is 17.3. The van der Waals surface area contributed by atoms with Crippen molar-refractivity contribution in [2.45, 2.75) is 31.2 Å². The number of aromatic nitrogens is 3. The molecule has 136 valence electrons. The molecule has 1 fully saturated rings. The van der Waals surface area contributed by atoms with Crippen LogP contribution in [0.5, 0.6) is 0 Å². The third kappa shape index (κ3) is 3.40. The molecule has 0 atom stereocenters. The number of amides is 1. The van der Waals surface area contributed by atoms with Gasteiger partial charge in [0.1, 0.15) is 5.52 Å². The molecule has 1 aromatic heterocycles. The van der Waals surface area contributed by atoms with E-state index in [1.165, 1.54) is 10.7 Å². The number of hydrogen-bond acceptors (Lipinski definition) is 3. The quantitative estimate of drug-likeness (QED) is 0.729. The van der Waals surface area contributed by atoms with Gasteiger partial charge in [-0.15, -0.1) is 5.10 Å². The summed E-state index contributed by atoms with van der Waals surface area (Å²) < 4.78 is 76.8. The lowest BCUT2D eigenvalue weighted by Gasteiger charge is -2.32. The first-order valence-corrected chi connectivity index (χ1v) is 7.35. The highest BCUT2D eigenvalue weighted by atomic mass is 19.4. The highest BCUT2D eigenvalue weighted by Gasteiger charge is 2.43. The molecule has 0 radical (unpaired) electrons. The van der Waals surface area contributed by atoms with Crippen molar-refractivity contribution in [1.82, 2.24) is 19.9 Å². The lowest BCUT2D eigenvalue weighted by atomic mass is 10.0. The van der Waals surface area contributed by atoms with Gasteiger partial charge in [0.05, 0.1) is 17.1 Å². The lowest BCUT2D eigenvalue weighted by molar-refractivity contribution is -0.186. The van der Waals surface area contributed by atoms with Crippen LogP contribution in [0.3, 0.4) is 0 Å². The summed E-state index contributed by atoms with van der Waals surface area (Å²) in [6.07, 6.45) is -9.00. The first-order valence-electron chi connectivity index (χ1n) is 7.35. The smallest absolute Gasteiger partial charge is 0.335 e. The topological polar surface area (TPSA) is 51.0 Å². The molecule has 0 bridgehead atoms. The molecular weight excluding hydrogens is 354 g/mol. The fourth-order valence-corrected chi connectivity index (χ4v) is 2.88. The molecule has 0 spiro atoms. The minimum atomic E-state index is -4.92. The molecule has 1 saturated heterocycles. The van der Waals surface area contributed by atoms with Gasteiger partial charge < -0.3 is 4.90 Å². The Labute approximate surface area is 137 Å². The average Bonchev–Trinajstić information content (AvgIpc) is 2.95. The number of carbonyl (C=O) groups excluding carboxylic acids is 1. The Hall–Kier alpha value is -2.33. The second kappa shape index (κ2) is 5.88. The molecule has 1 aromatic carbocycles. The van der Waals surface area contributed by atoms with Crippen LogP contribution >= 0.6 is 0 Å². The van der Waals surface area contributed by atoms with E-state index in [0.29, 0.717) is 5.52 Å². The maximum atomic E-state index is 12.7. The molecule has 0 aliphatic carbocycles. The summed E-state index contributed by atoms with van der Waals surface area (Å²) in [7, 11) is 0. The van der Waals surface area contributed by atoms with Crippen molar-refractivity contribution in [3.63, 3.8) is 0 Å². The van der Waals surface area contributed by atoms with Crippen molar-refractivity contribution in [2.24, 2.45) is 0 Å². The summed E-state index contributed by atoms with van der Waals surface area (Å²) in [6.45, 7) is -0.212.